The first kappa shape index (κ1) is 11.6. The maximum absolute atomic E-state index is 4.35. The van der Waals surface area contributed by atoms with E-state index in [-0.39, 0.29) is 0 Å². The van der Waals surface area contributed by atoms with Crippen molar-refractivity contribution in [3.63, 3.8) is 0 Å². The van der Waals surface area contributed by atoms with Gasteiger partial charge in [-0.1, -0.05) is 13.8 Å². The van der Waals surface area contributed by atoms with Crippen LogP contribution in [0.2, 0.25) is 0 Å². The number of piperidine rings is 1. The van der Waals surface area contributed by atoms with Gasteiger partial charge in [0.05, 0.1) is 6.33 Å². The van der Waals surface area contributed by atoms with Gasteiger partial charge in [-0.05, 0) is 32.2 Å². The van der Waals surface area contributed by atoms with Gasteiger partial charge >= 0.3 is 0 Å². The van der Waals surface area contributed by atoms with E-state index < -0.39 is 0 Å². The van der Waals surface area contributed by atoms with E-state index in [2.05, 4.69) is 34.9 Å². The maximum Gasteiger partial charge on any atom is 0.0951 e. The molecule has 0 radical (unpaired) electrons. The molecule has 1 aliphatic heterocycles. The molecule has 1 atom stereocenters. The fourth-order valence-electron chi connectivity index (χ4n) is 2.71. The molecule has 2 rings (SSSR count). The summed E-state index contributed by atoms with van der Waals surface area (Å²) in [5.41, 5.74) is 1.43. The molecular formula is C13H23N3. The predicted octanol–water partition coefficient (Wildman–Crippen LogP) is 2.71. The fourth-order valence-corrected chi connectivity index (χ4v) is 2.71. The SMILES string of the molecule is CCC(CC)c1cncn1C1CCCNC1. The van der Waals surface area contributed by atoms with Crippen molar-refractivity contribution in [1.82, 2.24) is 14.9 Å². The van der Waals surface area contributed by atoms with Crippen molar-refractivity contribution in [2.75, 3.05) is 13.1 Å². The quantitative estimate of drug-likeness (QED) is 0.847. The lowest BCUT2D eigenvalue weighted by molar-refractivity contribution is 0.357. The van der Waals surface area contributed by atoms with Gasteiger partial charge in [0.1, 0.15) is 0 Å². The Bertz CT molecular complexity index is 309. The molecule has 1 aromatic rings. The van der Waals surface area contributed by atoms with Crippen molar-refractivity contribution >= 4 is 0 Å². The molecule has 0 bridgehead atoms. The third-order valence-electron chi connectivity index (χ3n) is 3.76. The molecule has 3 heteroatoms. The Labute approximate surface area is 98.3 Å². The van der Waals surface area contributed by atoms with E-state index in [1.807, 2.05) is 6.33 Å². The molecule has 0 aliphatic carbocycles. The molecule has 90 valence electrons. The van der Waals surface area contributed by atoms with E-state index in [9.17, 15) is 0 Å². The van der Waals surface area contributed by atoms with E-state index in [1.54, 1.807) is 0 Å². The molecule has 16 heavy (non-hydrogen) atoms. The molecule has 1 saturated heterocycles. The van der Waals surface area contributed by atoms with E-state index in [4.69, 9.17) is 0 Å². The highest BCUT2D eigenvalue weighted by atomic mass is 15.1. The van der Waals surface area contributed by atoms with E-state index in [0.29, 0.717) is 12.0 Å². The van der Waals surface area contributed by atoms with Gasteiger partial charge in [0.15, 0.2) is 0 Å². The van der Waals surface area contributed by atoms with Gasteiger partial charge in [0.2, 0.25) is 0 Å². The highest BCUT2D eigenvalue weighted by Crippen LogP contribution is 2.27. The summed E-state index contributed by atoms with van der Waals surface area (Å²) < 4.78 is 2.41. The molecule has 0 saturated carbocycles. The zero-order valence-corrected chi connectivity index (χ0v) is 10.4. The summed E-state index contributed by atoms with van der Waals surface area (Å²) in [5.74, 6) is 0.671. The van der Waals surface area contributed by atoms with Gasteiger partial charge in [-0.25, -0.2) is 4.98 Å². The van der Waals surface area contributed by atoms with Crippen LogP contribution in [0.15, 0.2) is 12.5 Å². The Kier molecular flexibility index (Phi) is 3.99. The van der Waals surface area contributed by atoms with Gasteiger partial charge in [0.25, 0.3) is 0 Å². The van der Waals surface area contributed by atoms with Crippen LogP contribution >= 0.6 is 0 Å². The van der Waals surface area contributed by atoms with E-state index in [0.717, 1.165) is 6.54 Å². The van der Waals surface area contributed by atoms with Crippen LogP contribution in [0.5, 0.6) is 0 Å². The number of hydrogen-bond donors (Lipinski definition) is 1. The number of rotatable bonds is 4. The van der Waals surface area contributed by atoms with Gasteiger partial charge in [0, 0.05) is 30.4 Å². The number of hydrogen-bond acceptors (Lipinski definition) is 2. The highest BCUT2D eigenvalue weighted by Gasteiger charge is 2.20. The standard InChI is InChI=1S/C13H23N3/c1-3-11(4-2)13-9-15-10-16(13)12-6-5-7-14-8-12/h9-12,14H,3-8H2,1-2H3. The van der Waals surface area contributed by atoms with E-state index >= 15 is 0 Å². The molecule has 1 unspecified atom stereocenters. The van der Waals surface area contributed by atoms with Crippen LogP contribution in [0.4, 0.5) is 0 Å². The summed E-state index contributed by atoms with van der Waals surface area (Å²) >= 11 is 0. The van der Waals surface area contributed by atoms with Crippen LogP contribution in [0.25, 0.3) is 0 Å². The molecule has 1 N–H and O–H groups in total. The highest BCUT2D eigenvalue weighted by molar-refractivity contribution is 5.08. The second-order valence-electron chi connectivity index (χ2n) is 4.74. The number of nitrogens with one attached hydrogen (secondary N) is 1. The average molecular weight is 221 g/mol. The van der Waals surface area contributed by atoms with Crippen molar-refractivity contribution in [2.45, 2.75) is 51.5 Å². The summed E-state index contributed by atoms with van der Waals surface area (Å²) in [7, 11) is 0. The number of aromatic nitrogens is 2. The minimum atomic E-state index is 0.617. The van der Waals surface area contributed by atoms with Crippen molar-refractivity contribution in [1.29, 1.82) is 0 Å². The van der Waals surface area contributed by atoms with Crippen molar-refractivity contribution in [2.24, 2.45) is 0 Å². The minimum absolute atomic E-state index is 0.617. The summed E-state index contributed by atoms with van der Waals surface area (Å²) in [4.78, 5) is 4.35. The largest absolute Gasteiger partial charge is 0.330 e. The summed E-state index contributed by atoms with van der Waals surface area (Å²) in [6.45, 7) is 6.81. The second-order valence-corrected chi connectivity index (χ2v) is 4.74. The van der Waals surface area contributed by atoms with Crippen molar-refractivity contribution in [3.05, 3.63) is 18.2 Å². The molecule has 1 fully saturated rings. The first-order valence-electron chi connectivity index (χ1n) is 6.59. The first-order chi connectivity index (χ1) is 7.86. The topological polar surface area (TPSA) is 29.9 Å². The van der Waals surface area contributed by atoms with Crippen LogP contribution < -0.4 is 5.32 Å². The van der Waals surface area contributed by atoms with Crippen LogP contribution in [-0.4, -0.2) is 22.6 Å². The lowest BCUT2D eigenvalue weighted by Crippen LogP contribution is -2.32. The monoisotopic (exact) mass is 221 g/mol. The molecular weight excluding hydrogens is 198 g/mol. The Morgan fingerprint density at radius 3 is 2.94 bits per heavy atom. The Morgan fingerprint density at radius 1 is 1.50 bits per heavy atom. The summed E-state index contributed by atoms with van der Waals surface area (Å²) in [5, 5.41) is 3.48. The van der Waals surface area contributed by atoms with E-state index in [1.165, 1.54) is 37.9 Å². The maximum atomic E-state index is 4.35. The molecule has 1 aromatic heterocycles. The van der Waals surface area contributed by atoms with Crippen LogP contribution in [0, 0.1) is 0 Å². The minimum Gasteiger partial charge on any atom is -0.330 e. The predicted molar refractivity (Wildman–Crippen MR) is 66.7 cm³/mol. The number of imidazole rings is 1. The lowest BCUT2D eigenvalue weighted by Gasteiger charge is -2.27. The van der Waals surface area contributed by atoms with Gasteiger partial charge < -0.3 is 9.88 Å². The van der Waals surface area contributed by atoms with Crippen LogP contribution in [-0.2, 0) is 0 Å². The van der Waals surface area contributed by atoms with Crippen molar-refractivity contribution < 1.29 is 0 Å². The third-order valence-corrected chi connectivity index (χ3v) is 3.76. The van der Waals surface area contributed by atoms with Gasteiger partial charge in [-0.3, -0.25) is 0 Å². The van der Waals surface area contributed by atoms with Crippen LogP contribution in [0.1, 0.15) is 57.2 Å². The Balaban J connectivity index is 2.16. The van der Waals surface area contributed by atoms with Crippen LogP contribution in [0.3, 0.4) is 0 Å². The molecule has 0 amide bonds. The zero-order chi connectivity index (χ0) is 11.4. The number of nitrogens with zero attached hydrogens (tertiary/aromatic N) is 2. The Hall–Kier alpha value is -0.830. The molecule has 1 aliphatic rings. The second kappa shape index (κ2) is 5.48. The van der Waals surface area contributed by atoms with Crippen molar-refractivity contribution in [3.8, 4) is 0 Å². The first-order valence-corrected chi connectivity index (χ1v) is 6.59. The fraction of sp³-hybridized carbons (Fsp3) is 0.769. The molecule has 0 spiro atoms. The molecule has 3 nitrogen and oxygen atoms in total. The molecule has 0 aromatic carbocycles. The Morgan fingerprint density at radius 2 is 2.31 bits per heavy atom. The van der Waals surface area contributed by atoms with Gasteiger partial charge in [-0.15, -0.1) is 0 Å². The normalized spacial score (nSPS) is 21.6. The average Bonchev–Trinajstić information content (AvgIpc) is 2.81. The lowest BCUT2D eigenvalue weighted by atomic mass is 9.98. The molecule has 2 heterocycles. The zero-order valence-electron chi connectivity index (χ0n) is 10.4. The van der Waals surface area contributed by atoms with Gasteiger partial charge in [-0.2, -0.15) is 0 Å². The smallest absolute Gasteiger partial charge is 0.0951 e. The third kappa shape index (κ3) is 2.29. The summed E-state index contributed by atoms with van der Waals surface area (Å²) in [6.07, 6.45) is 9.07. The summed E-state index contributed by atoms with van der Waals surface area (Å²) in [6, 6.07) is 0.617.